The fourth-order valence-corrected chi connectivity index (χ4v) is 4.53. The number of hydrogen-bond acceptors (Lipinski definition) is 8. The van der Waals surface area contributed by atoms with Crippen molar-refractivity contribution < 1.29 is 13.6 Å². The third-order valence-corrected chi connectivity index (χ3v) is 6.77. The average Bonchev–Trinajstić information content (AvgIpc) is 3.31. The molecule has 1 unspecified atom stereocenters. The number of alkyl halides is 2. The van der Waals surface area contributed by atoms with Gasteiger partial charge in [0.15, 0.2) is 6.29 Å². The van der Waals surface area contributed by atoms with E-state index in [1.807, 2.05) is 39.1 Å². The molecule has 1 atom stereocenters. The van der Waals surface area contributed by atoms with Gasteiger partial charge in [-0.1, -0.05) is 26.0 Å². The molecule has 0 radical (unpaired) electrons. The maximum atomic E-state index is 14.2. The quantitative estimate of drug-likeness (QED) is 0.123. The number of carbonyl (C=O) groups is 1. The topological polar surface area (TPSA) is 96.7 Å². The number of fused-ring (bicyclic) bond motifs is 1. The van der Waals surface area contributed by atoms with Crippen molar-refractivity contribution in [2.45, 2.75) is 45.2 Å². The van der Waals surface area contributed by atoms with Crippen molar-refractivity contribution in [1.29, 1.82) is 0 Å². The first-order valence-electron chi connectivity index (χ1n) is 14.4. The molecule has 1 aromatic rings. The first kappa shape index (κ1) is 34.5. The Kier molecular flexibility index (Phi) is 14.8. The van der Waals surface area contributed by atoms with Gasteiger partial charge in [-0.15, -0.1) is 6.58 Å². The van der Waals surface area contributed by atoms with Gasteiger partial charge in [0.25, 0.3) is 5.92 Å². The third-order valence-electron chi connectivity index (χ3n) is 6.77. The van der Waals surface area contributed by atoms with Gasteiger partial charge in [-0.25, -0.2) is 4.99 Å². The molecule has 3 N–H and O–H groups in total. The van der Waals surface area contributed by atoms with Crippen LogP contribution in [0, 0.1) is 0 Å². The van der Waals surface area contributed by atoms with Gasteiger partial charge in [0.05, 0.1) is 5.57 Å². The molecule has 2 aliphatic heterocycles. The first-order chi connectivity index (χ1) is 20.3. The summed E-state index contributed by atoms with van der Waals surface area (Å²) in [7, 11) is 4.02. The highest BCUT2D eigenvalue weighted by Gasteiger charge is 2.45. The van der Waals surface area contributed by atoms with Gasteiger partial charge in [-0.3, -0.25) is 14.8 Å². The number of nitrogens with one attached hydrogen (secondary N) is 3. The SMILES string of the molecule is C=CCNC.C=N/C=C(C=O)\C(=N/CNc1ccc(N2CCN(C)CC2)cc1)NC1CC=C2CCC(F)(F)C2=N1.CC. The minimum atomic E-state index is -2.92. The predicted molar refractivity (Wildman–Crippen MR) is 172 cm³/mol. The fraction of sp³-hybridized carbons (Fsp3) is 0.484. The molecule has 0 spiro atoms. The Labute approximate surface area is 249 Å². The van der Waals surface area contributed by atoms with Gasteiger partial charge in [0.2, 0.25) is 0 Å². The van der Waals surface area contributed by atoms with Crippen LogP contribution < -0.4 is 20.9 Å². The number of aliphatic imine (C=N–C) groups is 3. The second-order valence-corrected chi connectivity index (χ2v) is 9.72. The Morgan fingerprint density at radius 2 is 1.88 bits per heavy atom. The molecule has 11 heteroatoms. The van der Waals surface area contributed by atoms with Crippen LogP contribution in [0.5, 0.6) is 0 Å². The lowest BCUT2D eigenvalue weighted by Crippen LogP contribution is -2.44. The number of anilines is 2. The van der Waals surface area contributed by atoms with Crippen LogP contribution in [0.25, 0.3) is 0 Å². The molecule has 2 heterocycles. The first-order valence-corrected chi connectivity index (χ1v) is 14.4. The van der Waals surface area contributed by atoms with Gasteiger partial charge >= 0.3 is 0 Å². The Balaban J connectivity index is 0.000000797. The number of halogens is 2. The molecular formula is C31H46F2N8O. The number of piperazine rings is 1. The lowest BCUT2D eigenvalue weighted by Gasteiger charge is -2.34. The summed E-state index contributed by atoms with van der Waals surface area (Å²) >= 11 is 0. The van der Waals surface area contributed by atoms with Crippen molar-refractivity contribution in [1.82, 2.24) is 15.5 Å². The maximum Gasteiger partial charge on any atom is 0.289 e. The minimum absolute atomic E-state index is 0.166. The molecule has 0 amide bonds. The average molecular weight is 585 g/mol. The van der Waals surface area contributed by atoms with E-state index in [-0.39, 0.29) is 30.2 Å². The summed E-state index contributed by atoms with van der Waals surface area (Å²) in [6, 6.07) is 8.11. The fourth-order valence-electron chi connectivity index (χ4n) is 4.53. The van der Waals surface area contributed by atoms with Crippen LogP contribution in [0.15, 0.2) is 75.3 Å². The zero-order valence-electron chi connectivity index (χ0n) is 25.4. The van der Waals surface area contributed by atoms with E-state index in [1.54, 1.807) is 6.08 Å². The maximum absolute atomic E-state index is 14.2. The molecule has 42 heavy (non-hydrogen) atoms. The van der Waals surface area contributed by atoms with Crippen molar-refractivity contribution in [2.24, 2.45) is 15.0 Å². The number of dihydropyridines is 1. The van der Waals surface area contributed by atoms with E-state index in [4.69, 9.17) is 0 Å². The molecule has 4 rings (SSSR count). The standard InChI is InChI=1S/C25H31F2N7O.C4H9N.C2H6/c1-28-15-19(16-35)24(32-22-8-3-18-9-10-25(26,27)23(18)31-22)30-17-29-20-4-6-21(7-5-20)34-13-11-33(2)12-14-34;1-3-4-5-2;1-2/h3-7,15-16,22,29H,1,8-14,17H2,2H3,(H,30,32);3,5H,1,4H2,2H3;1-2H3/b19-15-;;. The smallest absolute Gasteiger partial charge is 0.289 e. The summed E-state index contributed by atoms with van der Waals surface area (Å²) in [6.07, 6.45) is 5.39. The second-order valence-electron chi connectivity index (χ2n) is 9.72. The van der Waals surface area contributed by atoms with Gasteiger partial charge in [-0.05, 0) is 57.1 Å². The number of rotatable bonds is 10. The number of hydrogen-bond donors (Lipinski definition) is 3. The van der Waals surface area contributed by atoms with Crippen LogP contribution in [-0.4, -0.2) is 95.0 Å². The Hall–Kier alpha value is -3.70. The van der Waals surface area contributed by atoms with Gasteiger partial charge in [0, 0.05) is 63.1 Å². The Morgan fingerprint density at radius 3 is 2.45 bits per heavy atom. The highest BCUT2D eigenvalue weighted by Crippen LogP contribution is 2.38. The molecule has 3 aliphatic rings. The summed E-state index contributed by atoms with van der Waals surface area (Å²) in [6.45, 7) is 16.0. The predicted octanol–water partition coefficient (Wildman–Crippen LogP) is 4.52. The number of nitrogens with zero attached hydrogens (tertiary/aromatic N) is 5. The second kappa shape index (κ2) is 18.0. The van der Waals surface area contributed by atoms with Crippen LogP contribution in [-0.2, 0) is 4.79 Å². The zero-order chi connectivity index (χ0) is 31.0. The van der Waals surface area contributed by atoms with Gasteiger partial charge < -0.3 is 25.8 Å². The largest absolute Gasteiger partial charge is 0.369 e. The van der Waals surface area contributed by atoms with Crippen molar-refractivity contribution in [3.05, 3.63) is 60.3 Å². The van der Waals surface area contributed by atoms with E-state index in [0.29, 0.717) is 24.7 Å². The lowest BCUT2D eigenvalue weighted by atomic mass is 10.1. The Bertz CT molecular complexity index is 1140. The highest BCUT2D eigenvalue weighted by molar-refractivity contribution is 6.14. The number of aldehydes is 1. The van der Waals surface area contributed by atoms with Crippen LogP contribution in [0.4, 0.5) is 20.2 Å². The summed E-state index contributed by atoms with van der Waals surface area (Å²) in [5, 5.41) is 9.14. The van der Waals surface area contributed by atoms with Gasteiger partial charge in [0.1, 0.15) is 24.4 Å². The lowest BCUT2D eigenvalue weighted by molar-refractivity contribution is -0.104. The summed E-state index contributed by atoms with van der Waals surface area (Å²) in [5.74, 6) is -2.70. The zero-order valence-corrected chi connectivity index (χ0v) is 25.4. The van der Waals surface area contributed by atoms with E-state index in [0.717, 1.165) is 38.4 Å². The van der Waals surface area contributed by atoms with Crippen LogP contribution in [0.1, 0.15) is 33.1 Å². The molecule has 0 aromatic heterocycles. The van der Waals surface area contributed by atoms with Crippen molar-refractivity contribution in [3.63, 3.8) is 0 Å². The van der Waals surface area contributed by atoms with E-state index in [2.05, 4.69) is 73.2 Å². The van der Waals surface area contributed by atoms with E-state index < -0.39 is 12.1 Å². The summed E-state index contributed by atoms with van der Waals surface area (Å²) in [4.78, 5) is 28.6. The number of allylic oxidation sites excluding steroid dienone is 1. The minimum Gasteiger partial charge on any atom is -0.369 e. The molecule has 1 aliphatic carbocycles. The number of benzene rings is 1. The monoisotopic (exact) mass is 584 g/mol. The molecule has 230 valence electrons. The van der Waals surface area contributed by atoms with E-state index >= 15 is 0 Å². The molecule has 1 aromatic carbocycles. The summed E-state index contributed by atoms with van der Waals surface area (Å²) < 4.78 is 28.3. The molecule has 1 saturated carbocycles. The molecule has 1 saturated heterocycles. The van der Waals surface area contributed by atoms with Gasteiger partial charge in [-0.2, -0.15) is 8.78 Å². The number of amidine groups is 1. The number of carbonyl (C=O) groups excluding carboxylic acids is 1. The molecule has 9 nitrogen and oxygen atoms in total. The highest BCUT2D eigenvalue weighted by atomic mass is 19.3. The summed E-state index contributed by atoms with van der Waals surface area (Å²) in [5.41, 5.74) is 2.65. The molecule has 0 bridgehead atoms. The molecular weight excluding hydrogens is 538 g/mol. The van der Waals surface area contributed by atoms with Crippen LogP contribution in [0.2, 0.25) is 0 Å². The van der Waals surface area contributed by atoms with E-state index in [1.165, 1.54) is 11.9 Å². The van der Waals surface area contributed by atoms with Crippen LogP contribution >= 0.6 is 0 Å². The van der Waals surface area contributed by atoms with E-state index in [9.17, 15) is 13.6 Å². The van der Waals surface area contributed by atoms with Crippen molar-refractivity contribution in [3.8, 4) is 0 Å². The number of likely N-dealkylation sites (N-methyl/N-ethyl adjacent to an activating group) is 2. The molecule has 2 fully saturated rings. The Morgan fingerprint density at radius 1 is 1.19 bits per heavy atom. The third kappa shape index (κ3) is 10.3. The normalized spacial score (nSPS) is 20.0. The van der Waals surface area contributed by atoms with Crippen molar-refractivity contribution >= 4 is 35.9 Å². The van der Waals surface area contributed by atoms with Crippen molar-refractivity contribution in [2.75, 3.05) is 63.7 Å². The van der Waals surface area contributed by atoms with Crippen LogP contribution in [0.3, 0.4) is 0 Å².